The van der Waals surface area contributed by atoms with E-state index in [0.717, 1.165) is 22.0 Å². The van der Waals surface area contributed by atoms with E-state index in [1.54, 1.807) is 7.11 Å². The molecule has 0 aliphatic heterocycles. The molecule has 0 bridgehead atoms. The molecule has 1 amide bonds. The molecular weight excluding hydrogens is 304 g/mol. The Labute approximate surface area is 129 Å². The van der Waals surface area contributed by atoms with E-state index in [1.807, 2.05) is 31.2 Å². The highest BCUT2D eigenvalue weighted by atomic mass is 32.1. The van der Waals surface area contributed by atoms with Gasteiger partial charge in [-0.05, 0) is 41.6 Å². The smallest absolute Gasteiger partial charge is 0.295 e. The van der Waals surface area contributed by atoms with Crippen molar-refractivity contribution in [1.29, 1.82) is 0 Å². The van der Waals surface area contributed by atoms with Crippen LogP contribution in [0.4, 0.5) is 5.00 Å². The van der Waals surface area contributed by atoms with Crippen LogP contribution in [0.3, 0.4) is 0 Å². The number of anilines is 1. The van der Waals surface area contributed by atoms with Crippen LogP contribution in [0.1, 0.15) is 16.3 Å². The van der Waals surface area contributed by atoms with Gasteiger partial charge in [0.25, 0.3) is 5.91 Å². The maximum atomic E-state index is 11.9. The summed E-state index contributed by atoms with van der Waals surface area (Å²) in [6.07, 6.45) is 0. The lowest BCUT2D eigenvalue weighted by atomic mass is 10.2. The van der Waals surface area contributed by atoms with E-state index in [-0.39, 0.29) is 5.82 Å². The van der Waals surface area contributed by atoms with Crippen molar-refractivity contribution in [2.75, 3.05) is 12.4 Å². The SMILES string of the molecule is COc1ccc(-c2nc(C)c(NC(=O)c3nnn[nH]3)s2)cc1. The third-order valence-electron chi connectivity index (χ3n) is 2.92. The highest BCUT2D eigenvalue weighted by molar-refractivity contribution is 7.19. The fraction of sp³-hybridized carbons (Fsp3) is 0.154. The molecule has 0 atom stereocenters. The number of H-pyrrole nitrogens is 1. The molecule has 8 nitrogen and oxygen atoms in total. The number of methoxy groups -OCH3 is 1. The number of hydrogen-bond donors (Lipinski definition) is 2. The van der Waals surface area contributed by atoms with Crippen LogP contribution in [0.5, 0.6) is 5.75 Å². The molecule has 0 unspecified atom stereocenters. The number of nitrogens with one attached hydrogen (secondary N) is 2. The lowest BCUT2D eigenvalue weighted by Crippen LogP contribution is -2.13. The molecule has 2 heterocycles. The summed E-state index contributed by atoms with van der Waals surface area (Å²) < 4.78 is 5.13. The van der Waals surface area contributed by atoms with E-state index in [0.29, 0.717) is 5.00 Å². The van der Waals surface area contributed by atoms with Gasteiger partial charge in [-0.15, -0.1) is 5.10 Å². The highest BCUT2D eigenvalue weighted by Crippen LogP contribution is 2.32. The summed E-state index contributed by atoms with van der Waals surface area (Å²) in [4.78, 5) is 16.4. The third-order valence-corrected chi connectivity index (χ3v) is 4.04. The Morgan fingerprint density at radius 3 is 2.73 bits per heavy atom. The number of ether oxygens (including phenoxy) is 1. The van der Waals surface area contributed by atoms with E-state index < -0.39 is 5.91 Å². The van der Waals surface area contributed by atoms with E-state index in [9.17, 15) is 4.79 Å². The number of thiazole rings is 1. The number of carbonyl (C=O) groups is 1. The number of hydrogen-bond acceptors (Lipinski definition) is 7. The van der Waals surface area contributed by atoms with E-state index in [2.05, 4.69) is 30.9 Å². The summed E-state index contributed by atoms with van der Waals surface area (Å²) in [5, 5.41) is 16.9. The van der Waals surface area contributed by atoms with E-state index in [1.165, 1.54) is 11.3 Å². The summed E-state index contributed by atoms with van der Waals surface area (Å²) in [6.45, 7) is 1.83. The molecule has 0 saturated heterocycles. The van der Waals surface area contributed by atoms with Crippen molar-refractivity contribution >= 4 is 22.2 Å². The summed E-state index contributed by atoms with van der Waals surface area (Å²) in [6, 6.07) is 7.57. The maximum Gasteiger partial charge on any atom is 0.295 e. The summed E-state index contributed by atoms with van der Waals surface area (Å²) in [5.41, 5.74) is 1.69. The highest BCUT2D eigenvalue weighted by Gasteiger charge is 2.15. The summed E-state index contributed by atoms with van der Waals surface area (Å²) in [7, 11) is 1.62. The predicted octanol–water partition coefficient (Wildman–Crippen LogP) is 1.89. The number of aromatic amines is 1. The van der Waals surface area contributed by atoms with Crippen LogP contribution in [0.2, 0.25) is 0 Å². The first-order valence-electron chi connectivity index (χ1n) is 6.34. The monoisotopic (exact) mass is 316 g/mol. The molecule has 2 aromatic heterocycles. The minimum atomic E-state index is -0.405. The predicted molar refractivity (Wildman–Crippen MR) is 81.0 cm³/mol. The van der Waals surface area contributed by atoms with Gasteiger partial charge in [0.2, 0.25) is 5.82 Å². The van der Waals surface area contributed by atoms with Gasteiger partial charge in [-0.25, -0.2) is 10.1 Å². The summed E-state index contributed by atoms with van der Waals surface area (Å²) in [5.74, 6) is 0.431. The Morgan fingerprint density at radius 1 is 1.32 bits per heavy atom. The molecule has 112 valence electrons. The largest absolute Gasteiger partial charge is 0.497 e. The van der Waals surface area contributed by atoms with E-state index in [4.69, 9.17) is 4.74 Å². The van der Waals surface area contributed by atoms with Crippen LogP contribution in [0.25, 0.3) is 10.6 Å². The lowest BCUT2D eigenvalue weighted by molar-refractivity contribution is 0.101. The molecule has 0 aliphatic rings. The van der Waals surface area contributed by atoms with Gasteiger partial charge in [-0.2, -0.15) is 0 Å². The van der Waals surface area contributed by atoms with E-state index >= 15 is 0 Å². The third kappa shape index (κ3) is 2.79. The number of aromatic nitrogens is 5. The van der Waals surface area contributed by atoms with Crippen molar-refractivity contribution in [3.63, 3.8) is 0 Å². The Hall–Kier alpha value is -2.81. The molecule has 3 aromatic rings. The Morgan fingerprint density at radius 2 is 2.09 bits per heavy atom. The number of amides is 1. The van der Waals surface area contributed by atoms with Crippen LogP contribution in [0.15, 0.2) is 24.3 Å². The van der Waals surface area contributed by atoms with Crippen LogP contribution in [-0.2, 0) is 0 Å². The number of carbonyl (C=O) groups excluding carboxylic acids is 1. The Bertz CT molecular complexity index is 781. The minimum Gasteiger partial charge on any atom is -0.497 e. The fourth-order valence-corrected chi connectivity index (χ4v) is 2.75. The van der Waals surface area contributed by atoms with Gasteiger partial charge in [0.15, 0.2) is 0 Å². The van der Waals surface area contributed by atoms with Crippen LogP contribution < -0.4 is 10.1 Å². The second kappa shape index (κ2) is 5.90. The minimum absolute atomic E-state index is 0.0544. The summed E-state index contributed by atoms with van der Waals surface area (Å²) >= 11 is 1.39. The molecule has 3 rings (SSSR count). The Balaban J connectivity index is 1.82. The van der Waals surface area contributed by atoms with Crippen molar-refractivity contribution in [2.45, 2.75) is 6.92 Å². The number of rotatable bonds is 4. The second-order valence-electron chi connectivity index (χ2n) is 4.37. The van der Waals surface area contributed by atoms with Crippen LogP contribution in [0, 0.1) is 6.92 Å². The molecule has 1 aromatic carbocycles. The fourth-order valence-electron chi connectivity index (χ4n) is 1.79. The first-order chi connectivity index (χ1) is 10.7. The van der Waals surface area contributed by atoms with Gasteiger partial charge >= 0.3 is 0 Å². The zero-order valence-corrected chi connectivity index (χ0v) is 12.6. The van der Waals surface area contributed by atoms with Crippen molar-refractivity contribution in [3.8, 4) is 16.3 Å². The molecule has 0 spiro atoms. The van der Waals surface area contributed by atoms with Gasteiger partial charge in [0.05, 0.1) is 12.8 Å². The van der Waals surface area contributed by atoms with Crippen molar-refractivity contribution < 1.29 is 9.53 Å². The molecule has 0 radical (unpaired) electrons. The van der Waals surface area contributed by atoms with Crippen molar-refractivity contribution in [1.82, 2.24) is 25.6 Å². The molecule has 0 fully saturated rings. The second-order valence-corrected chi connectivity index (χ2v) is 5.37. The van der Waals surface area contributed by atoms with Crippen molar-refractivity contribution in [2.24, 2.45) is 0 Å². The molecular formula is C13H12N6O2S. The number of nitrogens with zero attached hydrogens (tertiary/aromatic N) is 4. The van der Waals surface area contributed by atoms with Gasteiger partial charge in [-0.1, -0.05) is 11.3 Å². The first-order valence-corrected chi connectivity index (χ1v) is 7.16. The molecule has 22 heavy (non-hydrogen) atoms. The average Bonchev–Trinajstić information content (AvgIpc) is 3.18. The standard InChI is InChI=1S/C13H12N6O2S/c1-7-12(15-11(20)10-16-18-19-17-10)22-13(14-7)8-3-5-9(21-2)6-4-8/h3-6H,1-2H3,(H,15,20)(H,16,17,18,19). The van der Waals surface area contributed by atoms with Gasteiger partial charge in [-0.3, -0.25) is 4.79 Å². The number of tetrazole rings is 1. The van der Waals surface area contributed by atoms with Crippen LogP contribution >= 0.6 is 11.3 Å². The zero-order chi connectivity index (χ0) is 15.5. The molecule has 9 heteroatoms. The zero-order valence-electron chi connectivity index (χ0n) is 11.8. The lowest BCUT2D eigenvalue weighted by Gasteiger charge is -2.00. The normalized spacial score (nSPS) is 10.5. The van der Waals surface area contributed by atoms with Crippen LogP contribution in [-0.4, -0.2) is 38.6 Å². The Kier molecular flexibility index (Phi) is 3.79. The molecule has 0 saturated carbocycles. The van der Waals surface area contributed by atoms with Gasteiger partial charge in [0, 0.05) is 5.56 Å². The van der Waals surface area contributed by atoms with Crippen molar-refractivity contribution in [3.05, 3.63) is 35.8 Å². The average molecular weight is 316 g/mol. The number of benzene rings is 1. The van der Waals surface area contributed by atoms with Gasteiger partial charge < -0.3 is 10.1 Å². The topological polar surface area (TPSA) is 106 Å². The first kappa shape index (κ1) is 14.1. The quantitative estimate of drug-likeness (QED) is 0.761. The van der Waals surface area contributed by atoms with Gasteiger partial charge in [0.1, 0.15) is 15.8 Å². The molecule has 2 N–H and O–H groups in total. The maximum absolute atomic E-state index is 11.9. The number of aryl methyl sites for hydroxylation is 1. The molecule has 0 aliphatic carbocycles.